The number of hydrogen-bond donors (Lipinski definition) is 0. The number of aryl methyl sites for hydroxylation is 2. The summed E-state index contributed by atoms with van der Waals surface area (Å²) in [5.74, 6) is 1.54. The molecule has 0 radical (unpaired) electrons. The molecule has 0 atom stereocenters. The molecule has 1 heterocycles. The molecule has 4 rings (SSSR count). The molecule has 0 N–H and O–H groups in total. The van der Waals surface area contributed by atoms with E-state index in [0.717, 1.165) is 46.6 Å². The quantitative estimate of drug-likeness (QED) is 0.629. The lowest BCUT2D eigenvalue weighted by Gasteiger charge is -2.43. The summed E-state index contributed by atoms with van der Waals surface area (Å²) in [4.78, 5) is 26.5. The topological polar surface area (TPSA) is 43.4 Å². The van der Waals surface area contributed by atoms with Gasteiger partial charge in [0.05, 0.1) is 0 Å². The standard InChI is InChI=1S/C25H30O3/c1-14-7-8-16(15(2)9-14)21-22-17(26)10-24(3,4)12-19(22)28-20-13-25(5,6)11-18(27)23(20)21/h7-9,21H,10-13H2,1-6H3. The Morgan fingerprint density at radius 1 is 0.821 bits per heavy atom. The van der Waals surface area contributed by atoms with Crippen LogP contribution in [0.4, 0.5) is 0 Å². The third kappa shape index (κ3) is 3.15. The summed E-state index contributed by atoms with van der Waals surface area (Å²) in [6.45, 7) is 12.6. The van der Waals surface area contributed by atoms with E-state index < -0.39 is 0 Å². The molecule has 1 aromatic carbocycles. The van der Waals surface area contributed by atoms with E-state index in [9.17, 15) is 9.59 Å². The van der Waals surface area contributed by atoms with Gasteiger partial charge in [0.25, 0.3) is 0 Å². The van der Waals surface area contributed by atoms with Crippen molar-refractivity contribution in [2.45, 2.75) is 73.1 Å². The van der Waals surface area contributed by atoms with Gasteiger partial charge >= 0.3 is 0 Å². The van der Waals surface area contributed by atoms with Crippen LogP contribution in [-0.4, -0.2) is 11.6 Å². The fourth-order valence-electron chi connectivity index (χ4n) is 5.14. The van der Waals surface area contributed by atoms with Crippen molar-refractivity contribution in [1.82, 2.24) is 0 Å². The normalized spacial score (nSPS) is 24.1. The Bertz CT molecular complexity index is 904. The van der Waals surface area contributed by atoms with Crippen LogP contribution < -0.4 is 0 Å². The molecule has 0 amide bonds. The molecule has 2 aliphatic carbocycles. The molecule has 0 fully saturated rings. The Hall–Kier alpha value is -2.16. The van der Waals surface area contributed by atoms with E-state index in [2.05, 4.69) is 59.7 Å². The molecule has 0 aromatic heterocycles. The van der Waals surface area contributed by atoms with E-state index in [-0.39, 0.29) is 28.3 Å². The van der Waals surface area contributed by atoms with Gasteiger partial charge in [0.1, 0.15) is 11.5 Å². The molecule has 3 aliphatic rings. The molecule has 0 spiro atoms. The minimum atomic E-state index is -0.286. The SMILES string of the molecule is Cc1ccc(C2C3=C(CC(C)(C)CC3=O)OC3=C2C(=O)CC(C)(C)C3)c(C)c1. The number of carbonyl (C=O) groups excluding carboxylic acids is 2. The van der Waals surface area contributed by atoms with E-state index >= 15 is 0 Å². The first kappa shape index (κ1) is 19.2. The van der Waals surface area contributed by atoms with Crippen LogP contribution in [0, 0.1) is 24.7 Å². The van der Waals surface area contributed by atoms with E-state index in [0.29, 0.717) is 12.8 Å². The molecule has 148 valence electrons. The average molecular weight is 379 g/mol. The van der Waals surface area contributed by atoms with Gasteiger partial charge in [-0.3, -0.25) is 9.59 Å². The van der Waals surface area contributed by atoms with Crippen molar-refractivity contribution in [3.05, 3.63) is 57.6 Å². The van der Waals surface area contributed by atoms with E-state index in [1.54, 1.807) is 0 Å². The molecule has 1 aromatic rings. The molecule has 3 nitrogen and oxygen atoms in total. The van der Waals surface area contributed by atoms with Gasteiger partial charge in [-0.2, -0.15) is 0 Å². The highest BCUT2D eigenvalue weighted by Crippen LogP contribution is 2.53. The van der Waals surface area contributed by atoms with Gasteiger partial charge in [-0.15, -0.1) is 0 Å². The van der Waals surface area contributed by atoms with Crippen molar-refractivity contribution in [1.29, 1.82) is 0 Å². The Labute approximate surface area is 167 Å². The third-order valence-electron chi connectivity index (χ3n) is 6.32. The summed E-state index contributed by atoms with van der Waals surface area (Å²) >= 11 is 0. The summed E-state index contributed by atoms with van der Waals surface area (Å²) in [5.41, 5.74) is 4.58. The molecule has 28 heavy (non-hydrogen) atoms. The van der Waals surface area contributed by atoms with Crippen LogP contribution >= 0.6 is 0 Å². The van der Waals surface area contributed by atoms with E-state index in [1.807, 2.05) is 0 Å². The first-order valence-electron chi connectivity index (χ1n) is 10.2. The Morgan fingerprint density at radius 2 is 1.32 bits per heavy atom. The number of rotatable bonds is 1. The molecule has 0 saturated heterocycles. The number of allylic oxidation sites excluding steroid dienone is 4. The van der Waals surface area contributed by atoms with Gasteiger partial charge in [0.15, 0.2) is 11.6 Å². The first-order valence-corrected chi connectivity index (χ1v) is 10.2. The van der Waals surface area contributed by atoms with Crippen LogP contribution in [0.25, 0.3) is 0 Å². The molecular weight excluding hydrogens is 348 g/mol. The van der Waals surface area contributed by atoms with Crippen molar-refractivity contribution < 1.29 is 14.3 Å². The van der Waals surface area contributed by atoms with Crippen LogP contribution in [0.3, 0.4) is 0 Å². The van der Waals surface area contributed by atoms with Crippen LogP contribution in [0.5, 0.6) is 0 Å². The van der Waals surface area contributed by atoms with Crippen LogP contribution in [0.2, 0.25) is 0 Å². The summed E-state index contributed by atoms with van der Waals surface area (Å²) in [6, 6.07) is 6.31. The number of hydrogen-bond acceptors (Lipinski definition) is 3. The molecule has 0 saturated carbocycles. The highest BCUT2D eigenvalue weighted by atomic mass is 16.5. The Morgan fingerprint density at radius 3 is 1.79 bits per heavy atom. The fraction of sp³-hybridized carbons (Fsp3) is 0.520. The monoisotopic (exact) mass is 378 g/mol. The second-order valence-electron chi connectivity index (χ2n) is 10.5. The number of carbonyl (C=O) groups is 2. The van der Waals surface area contributed by atoms with Crippen LogP contribution in [0.15, 0.2) is 40.9 Å². The van der Waals surface area contributed by atoms with Gasteiger partial charge in [0.2, 0.25) is 0 Å². The Kier molecular flexibility index (Phi) is 4.22. The zero-order valence-corrected chi connectivity index (χ0v) is 17.9. The smallest absolute Gasteiger partial charge is 0.163 e. The molecule has 0 unspecified atom stereocenters. The highest BCUT2D eigenvalue weighted by Gasteiger charge is 2.48. The van der Waals surface area contributed by atoms with Gasteiger partial charge in [-0.1, -0.05) is 51.5 Å². The number of ether oxygens (including phenoxy) is 1. The van der Waals surface area contributed by atoms with Crippen LogP contribution in [0.1, 0.15) is 76.0 Å². The summed E-state index contributed by atoms with van der Waals surface area (Å²) < 4.78 is 6.34. The lowest BCUT2D eigenvalue weighted by atomic mass is 9.65. The van der Waals surface area contributed by atoms with Crippen molar-refractivity contribution in [2.75, 3.05) is 0 Å². The van der Waals surface area contributed by atoms with Crippen molar-refractivity contribution in [3.63, 3.8) is 0 Å². The second kappa shape index (κ2) is 6.17. The first-order chi connectivity index (χ1) is 13.0. The second-order valence-corrected chi connectivity index (χ2v) is 10.5. The maximum atomic E-state index is 13.2. The van der Waals surface area contributed by atoms with Crippen LogP contribution in [-0.2, 0) is 14.3 Å². The third-order valence-corrected chi connectivity index (χ3v) is 6.32. The van der Waals surface area contributed by atoms with Gasteiger partial charge in [-0.05, 0) is 35.8 Å². The van der Waals surface area contributed by atoms with Gasteiger partial charge in [-0.25, -0.2) is 0 Å². The number of Topliss-reactive ketones (excluding diaryl/α,β-unsaturated/α-hetero) is 2. The largest absolute Gasteiger partial charge is 0.465 e. The number of ketones is 2. The Balaban J connectivity index is 1.94. The molecular formula is C25H30O3. The van der Waals surface area contributed by atoms with Crippen molar-refractivity contribution in [2.24, 2.45) is 10.8 Å². The van der Waals surface area contributed by atoms with Crippen molar-refractivity contribution in [3.8, 4) is 0 Å². The average Bonchev–Trinajstić information content (AvgIpc) is 2.50. The minimum absolute atomic E-state index is 0.116. The molecule has 1 aliphatic heterocycles. The lowest BCUT2D eigenvalue weighted by molar-refractivity contribution is -0.120. The fourth-order valence-corrected chi connectivity index (χ4v) is 5.14. The van der Waals surface area contributed by atoms with E-state index in [1.165, 1.54) is 5.56 Å². The minimum Gasteiger partial charge on any atom is -0.465 e. The van der Waals surface area contributed by atoms with Gasteiger partial charge < -0.3 is 4.74 Å². The summed E-state index contributed by atoms with van der Waals surface area (Å²) in [7, 11) is 0. The highest BCUT2D eigenvalue weighted by molar-refractivity contribution is 6.06. The maximum Gasteiger partial charge on any atom is 0.163 e. The van der Waals surface area contributed by atoms with Crippen molar-refractivity contribution >= 4 is 11.6 Å². The molecule has 0 bridgehead atoms. The molecule has 3 heteroatoms. The summed E-state index contributed by atoms with van der Waals surface area (Å²) in [6.07, 6.45) is 2.47. The zero-order valence-electron chi connectivity index (χ0n) is 17.9. The number of benzene rings is 1. The summed E-state index contributed by atoms with van der Waals surface area (Å²) in [5, 5.41) is 0. The van der Waals surface area contributed by atoms with Gasteiger partial charge in [0, 0.05) is 42.7 Å². The zero-order chi connectivity index (χ0) is 20.4. The predicted octanol–water partition coefficient (Wildman–Crippen LogP) is 5.70. The van der Waals surface area contributed by atoms with E-state index in [4.69, 9.17) is 4.74 Å². The lowest BCUT2D eigenvalue weighted by Crippen LogP contribution is -2.37. The maximum absolute atomic E-state index is 13.2. The predicted molar refractivity (Wildman–Crippen MR) is 110 cm³/mol.